The van der Waals surface area contributed by atoms with Crippen LogP contribution in [0.1, 0.15) is 23.4 Å². The summed E-state index contributed by atoms with van der Waals surface area (Å²) in [7, 11) is -4.04. The van der Waals surface area contributed by atoms with Gasteiger partial charge >= 0.3 is 5.97 Å². The summed E-state index contributed by atoms with van der Waals surface area (Å²) < 4.78 is 30.1. The van der Waals surface area contributed by atoms with Gasteiger partial charge in [-0.25, -0.2) is 13.2 Å². The lowest BCUT2D eigenvalue weighted by Gasteiger charge is -2.19. The van der Waals surface area contributed by atoms with Crippen LogP contribution in [0.15, 0.2) is 21.6 Å². The Labute approximate surface area is 108 Å². The lowest BCUT2D eigenvalue weighted by Crippen LogP contribution is -2.43. The summed E-state index contributed by atoms with van der Waals surface area (Å²) in [5, 5.41) is 8.19. The second-order valence-electron chi connectivity index (χ2n) is 4.10. The smallest absolute Gasteiger partial charge is 0.371 e. The minimum Gasteiger partial charge on any atom is -0.475 e. The number of furan rings is 1. The molecule has 1 aliphatic rings. The minimum atomic E-state index is -4.04. The zero-order chi connectivity index (χ0) is 14.2. The number of hydrogen-bond donors (Lipinski definition) is 2. The molecule has 1 aromatic rings. The highest BCUT2D eigenvalue weighted by molar-refractivity contribution is 7.89. The Hall–Kier alpha value is -1.87. The molecule has 0 bridgehead atoms. The lowest BCUT2D eigenvalue weighted by atomic mass is 10.2. The largest absolute Gasteiger partial charge is 0.475 e. The molecule has 0 aliphatic carbocycles. The van der Waals surface area contributed by atoms with Crippen LogP contribution in [0, 0.1) is 0 Å². The average Bonchev–Trinajstić information content (AvgIpc) is 2.98. The highest BCUT2D eigenvalue weighted by Gasteiger charge is 2.40. The molecule has 1 aliphatic heterocycles. The molecule has 0 radical (unpaired) electrons. The van der Waals surface area contributed by atoms with Crippen molar-refractivity contribution >= 4 is 21.9 Å². The predicted octanol–water partition coefficient (Wildman–Crippen LogP) is -0.384. The molecule has 0 aromatic carbocycles. The third-order valence-electron chi connectivity index (χ3n) is 2.89. The van der Waals surface area contributed by atoms with Gasteiger partial charge in [0, 0.05) is 6.54 Å². The van der Waals surface area contributed by atoms with Crippen molar-refractivity contribution in [2.45, 2.75) is 24.0 Å². The molecule has 0 saturated carbocycles. The van der Waals surface area contributed by atoms with Crippen molar-refractivity contribution in [1.82, 2.24) is 4.31 Å². The Morgan fingerprint density at radius 2 is 2.11 bits per heavy atom. The van der Waals surface area contributed by atoms with Crippen molar-refractivity contribution < 1.29 is 27.5 Å². The summed E-state index contributed by atoms with van der Waals surface area (Å²) in [5.41, 5.74) is 5.15. The second kappa shape index (κ2) is 4.67. The van der Waals surface area contributed by atoms with Gasteiger partial charge in [0.05, 0.1) is 0 Å². The van der Waals surface area contributed by atoms with Crippen LogP contribution in [-0.4, -0.2) is 42.3 Å². The fourth-order valence-electron chi connectivity index (χ4n) is 2.00. The van der Waals surface area contributed by atoms with Crippen LogP contribution in [0.2, 0.25) is 0 Å². The monoisotopic (exact) mass is 288 g/mol. The van der Waals surface area contributed by atoms with E-state index >= 15 is 0 Å². The molecule has 1 unspecified atom stereocenters. The van der Waals surface area contributed by atoms with Gasteiger partial charge in [-0.2, -0.15) is 4.31 Å². The maximum Gasteiger partial charge on any atom is 0.371 e. The van der Waals surface area contributed by atoms with Crippen LogP contribution in [0.5, 0.6) is 0 Å². The van der Waals surface area contributed by atoms with Crippen LogP contribution in [0.3, 0.4) is 0 Å². The number of aromatic carboxylic acids is 1. The van der Waals surface area contributed by atoms with E-state index in [2.05, 4.69) is 0 Å². The topological polar surface area (TPSA) is 131 Å². The normalized spacial score (nSPS) is 20.5. The Kier molecular flexibility index (Phi) is 3.33. The van der Waals surface area contributed by atoms with Gasteiger partial charge < -0.3 is 15.3 Å². The number of nitrogens with zero attached hydrogens (tertiary/aromatic N) is 1. The maximum atomic E-state index is 12.2. The van der Waals surface area contributed by atoms with Crippen LogP contribution >= 0.6 is 0 Å². The molecule has 1 amide bonds. The zero-order valence-electron chi connectivity index (χ0n) is 9.77. The van der Waals surface area contributed by atoms with E-state index < -0.39 is 38.8 Å². The SMILES string of the molecule is NC(=O)C1CCCN1S(=O)(=O)c1ccc(C(=O)O)o1. The summed E-state index contributed by atoms with van der Waals surface area (Å²) in [6.45, 7) is 0.152. The van der Waals surface area contributed by atoms with Crippen molar-refractivity contribution in [2.75, 3.05) is 6.54 Å². The summed E-state index contributed by atoms with van der Waals surface area (Å²) in [4.78, 5) is 21.9. The van der Waals surface area contributed by atoms with E-state index in [9.17, 15) is 18.0 Å². The van der Waals surface area contributed by atoms with Crippen molar-refractivity contribution in [3.8, 4) is 0 Å². The Balaban J connectivity index is 2.36. The predicted molar refractivity (Wildman–Crippen MR) is 61.8 cm³/mol. The third-order valence-corrected chi connectivity index (χ3v) is 4.67. The number of sulfonamides is 1. The summed E-state index contributed by atoms with van der Waals surface area (Å²) in [6, 6.07) is 1.18. The van der Waals surface area contributed by atoms with Gasteiger partial charge in [0.15, 0.2) is 0 Å². The van der Waals surface area contributed by atoms with E-state index in [1.54, 1.807) is 0 Å². The number of carbonyl (C=O) groups excluding carboxylic acids is 1. The minimum absolute atomic E-state index is 0.152. The molecule has 1 fully saturated rings. The molecular weight excluding hydrogens is 276 g/mol. The molecule has 1 saturated heterocycles. The Morgan fingerprint density at radius 1 is 1.42 bits per heavy atom. The number of hydrogen-bond acceptors (Lipinski definition) is 5. The highest BCUT2D eigenvalue weighted by Crippen LogP contribution is 2.27. The number of rotatable bonds is 4. The number of amides is 1. The number of carboxylic acid groups (broad SMARTS) is 1. The average molecular weight is 288 g/mol. The van der Waals surface area contributed by atoms with E-state index in [-0.39, 0.29) is 6.54 Å². The zero-order valence-corrected chi connectivity index (χ0v) is 10.6. The van der Waals surface area contributed by atoms with Crippen molar-refractivity contribution in [3.05, 3.63) is 17.9 Å². The van der Waals surface area contributed by atoms with Crippen LogP contribution in [0.25, 0.3) is 0 Å². The van der Waals surface area contributed by atoms with Gasteiger partial charge in [0.1, 0.15) is 6.04 Å². The fourth-order valence-corrected chi connectivity index (χ4v) is 3.58. The van der Waals surface area contributed by atoms with Crippen molar-refractivity contribution in [1.29, 1.82) is 0 Å². The van der Waals surface area contributed by atoms with Gasteiger partial charge in [-0.05, 0) is 25.0 Å². The van der Waals surface area contributed by atoms with Crippen LogP contribution in [0.4, 0.5) is 0 Å². The number of carboxylic acids is 1. The van der Waals surface area contributed by atoms with Gasteiger partial charge in [0.25, 0.3) is 10.0 Å². The Bertz CT molecular complexity index is 620. The quantitative estimate of drug-likeness (QED) is 0.776. The molecule has 2 rings (SSSR count). The first-order chi connectivity index (χ1) is 8.84. The van der Waals surface area contributed by atoms with E-state index in [4.69, 9.17) is 15.3 Å². The number of primary amides is 1. The standard InChI is InChI=1S/C10H12N2O6S/c11-9(13)6-2-1-5-12(6)19(16,17)8-4-3-7(18-8)10(14)15/h3-4,6H,1-2,5H2,(H2,11,13)(H,14,15). The molecule has 8 nitrogen and oxygen atoms in total. The first kappa shape index (κ1) is 13.6. The first-order valence-electron chi connectivity index (χ1n) is 5.48. The molecule has 9 heteroatoms. The molecule has 1 atom stereocenters. The maximum absolute atomic E-state index is 12.2. The molecule has 19 heavy (non-hydrogen) atoms. The number of nitrogens with two attached hydrogens (primary N) is 1. The first-order valence-corrected chi connectivity index (χ1v) is 6.92. The lowest BCUT2D eigenvalue weighted by molar-refractivity contribution is -0.121. The second-order valence-corrected chi connectivity index (χ2v) is 5.92. The summed E-state index contributed by atoms with van der Waals surface area (Å²) >= 11 is 0. The van der Waals surface area contributed by atoms with Crippen molar-refractivity contribution in [3.63, 3.8) is 0 Å². The summed E-state index contributed by atoms with van der Waals surface area (Å²) in [5.74, 6) is -2.58. The molecule has 2 heterocycles. The molecule has 1 aromatic heterocycles. The van der Waals surface area contributed by atoms with Gasteiger partial charge in [-0.15, -0.1) is 0 Å². The summed E-state index contributed by atoms with van der Waals surface area (Å²) in [6.07, 6.45) is 0.862. The molecule has 104 valence electrons. The van der Waals surface area contributed by atoms with Gasteiger partial charge in [0.2, 0.25) is 16.8 Å². The molecule has 0 spiro atoms. The van der Waals surface area contributed by atoms with E-state index in [0.29, 0.717) is 12.8 Å². The fraction of sp³-hybridized carbons (Fsp3) is 0.400. The van der Waals surface area contributed by atoms with Crippen LogP contribution in [-0.2, 0) is 14.8 Å². The van der Waals surface area contributed by atoms with E-state index in [1.807, 2.05) is 0 Å². The van der Waals surface area contributed by atoms with Crippen LogP contribution < -0.4 is 5.73 Å². The van der Waals surface area contributed by atoms with Gasteiger partial charge in [-0.1, -0.05) is 0 Å². The third kappa shape index (κ3) is 2.34. The number of carbonyl (C=O) groups is 2. The van der Waals surface area contributed by atoms with Crippen molar-refractivity contribution in [2.24, 2.45) is 5.73 Å². The van der Waals surface area contributed by atoms with Gasteiger partial charge in [-0.3, -0.25) is 4.79 Å². The van der Waals surface area contributed by atoms with E-state index in [1.165, 1.54) is 0 Å². The van der Waals surface area contributed by atoms with E-state index in [0.717, 1.165) is 16.4 Å². The Morgan fingerprint density at radius 3 is 2.63 bits per heavy atom. The highest BCUT2D eigenvalue weighted by atomic mass is 32.2. The molecular formula is C10H12N2O6S. The molecule has 3 N–H and O–H groups in total.